The van der Waals surface area contributed by atoms with Gasteiger partial charge in [-0.15, -0.1) is 0 Å². The van der Waals surface area contributed by atoms with Gasteiger partial charge in [0, 0.05) is 10.0 Å². The van der Waals surface area contributed by atoms with Crippen LogP contribution in [0.4, 0.5) is 0 Å². The molecule has 0 amide bonds. The van der Waals surface area contributed by atoms with Crippen LogP contribution in [0.25, 0.3) is 10.8 Å². The summed E-state index contributed by atoms with van der Waals surface area (Å²) < 4.78 is 1.01. The van der Waals surface area contributed by atoms with Crippen LogP contribution >= 0.6 is 15.9 Å². The summed E-state index contributed by atoms with van der Waals surface area (Å²) in [5, 5.41) is 12.3. The van der Waals surface area contributed by atoms with Crippen molar-refractivity contribution >= 4 is 26.7 Å². The Labute approximate surface area is 126 Å². The molecule has 0 fully saturated rings. The van der Waals surface area contributed by atoms with Gasteiger partial charge < -0.3 is 10.8 Å². The Kier molecular flexibility index (Phi) is 3.47. The van der Waals surface area contributed by atoms with E-state index in [1.807, 2.05) is 54.6 Å². The summed E-state index contributed by atoms with van der Waals surface area (Å²) >= 11 is 3.41. The summed E-state index contributed by atoms with van der Waals surface area (Å²) in [6.07, 6.45) is 0. The van der Waals surface area contributed by atoms with Gasteiger partial charge in [0.2, 0.25) is 0 Å². The van der Waals surface area contributed by atoms with Crippen molar-refractivity contribution in [2.24, 2.45) is 5.73 Å². The maximum absolute atomic E-state index is 10.2. The Bertz CT molecular complexity index is 753. The van der Waals surface area contributed by atoms with E-state index in [9.17, 15) is 5.11 Å². The standard InChI is InChI=1S/C17H14BrNO/c18-13-8-5-12(6-9-13)17(19)16-14-4-2-1-3-11(14)7-10-15(16)20/h1-10,17,20H,19H2/t17-/m1/s1. The number of aromatic hydroxyl groups is 1. The predicted octanol–water partition coefficient (Wildman–Crippen LogP) is 4.36. The molecule has 3 rings (SSSR count). The van der Waals surface area contributed by atoms with Gasteiger partial charge in [-0.05, 0) is 34.5 Å². The number of hydrogen-bond donors (Lipinski definition) is 2. The lowest BCUT2D eigenvalue weighted by Crippen LogP contribution is -2.12. The van der Waals surface area contributed by atoms with Crippen molar-refractivity contribution < 1.29 is 5.11 Å². The minimum atomic E-state index is -0.353. The topological polar surface area (TPSA) is 46.2 Å². The highest BCUT2D eigenvalue weighted by molar-refractivity contribution is 9.10. The predicted molar refractivity (Wildman–Crippen MR) is 85.8 cm³/mol. The van der Waals surface area contributed by atoms with E-state index in [0.29, 0.717) is 0 Å². The number of benzene rings is 3. The number of phenols is 1. The third-order valence-electron chi connectivity index (χ3n) is 3.49. The van der Waals surface area contributed by atoms with Crippen LogP contribution in [0.15, 0.2) is 65.1 Å². The Morgan fingerprint density at radius 2 is 1.60 bits per heavy atom. The SMILES string of the molecule is N[C@H](c1ccc(Br)cc1)c1c(O)ccc2ccccc12. The molecule has 0 heterocycles. The van der Waals surface area contributed by atoms with Gasteiger partial charge in [0.25, 0.3) is 0 Å². The molecular weight excluding hydrogens is 314 g/mol. The van der Waals surface area contributed by atoms with Crippen LogP contribution in [0.1, 0.15) is 17.2 Å². The van der Waals surface area contributed by atoms with Gasteiger partial charge >= 0.3 is 0 Å². The molecule has 100 valence electrons. The van der Waals surface area contributed by atoms with E-state index in [1.54, 1.807) is 6.07 Å². The fraction of sp³-hybridized carbons (Fsp3) is 0.0588. The third-order valence-corrected chi connectivity index (χ3v) is 4.02. The first-order valence-corrected chi connectivity index (χ1v) is 7.18. The van der Waals surface area contributed by atoms with Crippen molar-refractivity contribution in [3.05, 3.63) is 76.3 Å². The quantitative estimate of drug-likeness (QED) is 0.734. The molecule has 0 aliphatic rings. The van der Waals surface area contributed by atoms with Crippen LogP contribution in [-0.4, -0.2) is 5.11 Å². The molecule has 0 saturated heterocycles. The molecule has 0 radical (unpaired) electrons. The molecule has 0 aromatic heterocycles. The van der Waals surface area contributed by atoms with Gasteiger partial charge in [0.15, 0.2) is 0 Å². The van der Waals surface area contributed by atoms with Gasteiger partial charge in [-0.3, -0.25) is 0 Å². The van der Waals surface area contributed by atoms with E-state index in [0.717, 1.165) is 26.4 Å². The second-order valence-electron chi connectivity index (χ2n) is 4.75. The summed E-state index contributed by atoms with van der Waals surface area (Å²) in [6.45, 7) is 0. The molecule has 3 N–H and O–H groups in total. The molecule has 3 aromatic carbocycles. The minimum absolute atomic E-state index is 0.235. The van der Waals surface area contributed by atoms with Crippen LogP contribution in [0, 0.1) is 0 Å². The second-order valence-corrected chi connectivity index (χ2v) is 5.66. The van der Waals surface area contributed by atoms with Gasteiger partial charge in [0.05, 0.1) is 6.04 Å². The molecule has 20 heavy (non-hydrogen) atoms. The second kappa shape index (κ2) is 5.27. The lowest BCUT2D eigenvalue weighted by molar-refractivity contribution is 0.466. The summed E-state index contributed by atoms with van der Waals surface area (Å²) in [5.74, 6) is 0.235. The smallest absolute Gasteiger partial charge is 0.121 e. The number of halogens is 1. The van der Waals surface area contributed by atoms with Crippen molar-refractivity contribution in [1.29, 1.82) is 0 Å². The number of phenolic OH excluding ortho intramolecular Hbond substituents is 1. The zero-order chi connectivity index (χ0) is 14.1. The zero-order valence-corrected chi connectivity index (χ0v) is 12.3. The van der Waals surface area contributed by atoms with Gasteiger partial charge in [-0.2, -0.15) is 0 Å². The van der Waals surface area contributed by atoms with Gasteiger partial charge in [-0.1, -0.05) is 58.4 Å². The van der Waals surface area contributed by atoms with Crippen molar-refractivity contribution in [1.82, 2.24) is 0 Å². The Morgan fingerprint density at radius 1 is 0.900 bits per heavy atom. The van der Waals surface area contributed by atoms with Gasteiger partial charge in [0.1, 0.15) is 5.75 Å². The van der Waals surface area contributed by atoms with Crippen LogP contribution in [-0.2, 0) is 0 Å². The monoisotopic (exact) mass is 327 g/mol. The fourth-order valence-corrected chi connectivity index (χ4v) is 2.71. The molecular formula is C17H14BrNO. The van der Waals surface area contributed by atoms with Crippen molar-refractivity contribution in [3.8, 4) is 5.75 Å². The van der Waals surface area contributed by atoms with E-state index in [1.165, 1.54) is 0 Å². The summed E-state index contributed by atoms with van der Waals surface area (Å²) in [5.41, 5.74) is 8.10. The van der Waals surface area contributed by atoms with E-state index < -0.39 is 0 Å². The molecule has 0 unspecified atom stereocenters. The highest BCUT2D eigenvalue weighted by Crippen LogP contribution is 2.34. The summed E-state index contributed by atoms with van der Waals surface area (Å²) in [4.78, 5) is 0. The first-order chi connectivity index (χ1) is 9.66. The molecule has 0 aliphatic heterocycles. The average molecular weight is 328 g/mol. The molecule has 0 spiro atoms. The fourth-order valence-electron chi connectivity index (χ4n) is 2.45. The largest absolute Gasteiger partial charge is 0.508 e. The molecule has 0 saturated carbocycles. The lowest BCUT2D eigenvalue weighted by Gasteiger charge is -2.17. The van der Waals surface area contributed by atoms with Crippen LogP contribution in [0.2, 0.25) is 0 Å². The Hall–Kier alpha value is -1.84. The van der Waals surface area contributed by atoms with Gasteiger partial charge in [-0.25, -0.2) is 0 Å². The molecule has 0 aliphatic carbocycles. The number of nitrogens with two attached hydrogens (primary N) is 1. The van der Waals surface area contributed by atoms with Crippen molar-refractivity contribution in [2.45, 2.75) is 6.04 Å². The molecule has 0 bridgehead atoms. The van der Waals surface area contributed by atoms with Crippen LogP contribution < -0.4 is 5.73 Å². The number of fused-ring (bicyclic) bond motifs is 1. The van der Waals surface area contributed by atoms with E-state index in [2.05, 4.69) is 15.9 Å². The maximum Gasteiger partial charge on any atom is 0.121 e. The molecule has 3 aromatic rings. The minimum Gasteiger partial charge on any atom is -0.508 e. The highest BCUT2D eigenvalue weighted by Gasteiger charge is 2.16. The lowest BCUT2D eigenvalue weighted by atomic mass is 9.93. The number of rotatable bonds is 2. The van der Waals surface area contributed by atoms with E-state index >= 15 is 0 Å². The van der Waals surface area contributed by atoms with E-state index in [-0.39, 0.29) is 11.8 Å². The maximum atomic E-state index is 10.2. The van der Waals surface area contributed by atoms with Crippen LogP contribution in [0.3, 0.4) is 0 Å². The summed E-state index contributed by atoms with van der Waals surface area (Å²) in [6, 6.07) is 19.1. The Balaban J connectivity index is 2.18. The Morgan fingerprint density at radius 3 is 2.35 bits per heavy atom. The first-order valence-electron chi connectivity index (χ1n) is 6.38. The third kappa shape index (κ3) is 2.30. The average Bonchev–Trinajstić information content (AvgIpc) is 2.47. The first kappa shape index (κ1) is 13.2. The number of hydrogen-bond acceptors (Lipinski definition) is 2. The summed E-state index contributed by atoms with van der Waals surface area (Å²) in [7, 11) is 0. The highest BCUT2D eigenvalue weighted by atomic mass is 79.9. The van der Waals surface area contributed by atoms with Crippen molar-refractivity contribution in [3.63, 3.8) is 0 Å². The molecule has 1 atom stereocenters. The van der Waals surface area contributed by atoms with E-state index in [4.69, 9.17) is 5.73 Å². The zero-order valence-electron chi connectivity index (χ0n) is 10.8. The molecule has 3 heteroatoms. The van der Waals surface area contributed by atoms with Crippen molar-refractivity contribution in [2.75, 3.05) is 0 Å². The molecule has 2 nitrogen and oxygen atoms in total. The normalized spacial score (nSPS) is 12.5. The van der Waals surface area contributed by atoms with Crippen LogP contribution in [0.5, 0.6) is 5.75 Å².